The minimum atomic E-state index is -3.38. The van der Waals surface area contributed by atoms with Gasteiger partial charge < -0.3 is 5.32 Å². The van der Waals surface area contributed by atoms with E-state index in [-0.39, 0.29) is 28.8 Å². The van der Waals surface area contributed by atoms with Crippen LogP contribution in [-0.2, 0) is 16.3 Å². The number of sulfone groups is 1. The first-order chi connectivity index (χ1) is 10.0. The van der Waals surface area contributed by atoms with Crippen molar-refractivity contribution >= 4 is 15.7 Å². The van der Waals surface area contributed by atoms with Gasteiger partial charge in [0.2, 0.25) is 0 Å². The summed E-state index contributed by atoms with van der Waals surface area (Å²) in [5.74, 6) is -0.525. The van der Waals surface area contributed by atoms with Gasteiger partial charge in [0.05, 0.1) is 10.6 Å². The van der Waals surface area contributed by atoms with Gasteiger partial charge in [0.25, 0.3) is 5.91 Å². The molecule has 0 aliphatic rings. The van der Waals surface area contributed by atoms with Gasteiger partial charge in [0.1, 0.15) is 5.69 Å². The number of hydrogen-bond donors (Lipinski definition) is 2. The lowest BCUT2D eigenvalue weighted by Crippen LogP contribution is -2.29. The number of rotatable bonds is 6. The third-order valence-corrected chi connectivity index (χ3v) is 4.74. The maximum absolute atomic E-state index is 12.0. The van der Waals surface area contributed by atoms with Crippen LogP contribution in [-0.4, -0.2) is 36.8 Å². The first-order valence-electron chi connectivity index (χ1n) is 6.63. The maximum atomic E-state index is 12.0. The van der Waals surface area contributed by atoms with Crippen LogP contribution >= 0.6 is 0 Å². The largest absolute Gasteiger partial charge is 0.350 e. The second-order valence-corrected chi connectivity index (χ2v) is 6.63. The van der Waals surface area contributed by atoms with Crippen molar-refractivity contribution in [2.45, 2.75) is 18.2 Å². The van der Waals surface area contributed by atoms with Crippen LogP contribution in [0.15, 0.2) is 41.3 Å². The molecule has 0 bridgehead atoms. The molecule has 1 aromatic heterocycles. The highest BCUT2D eigenvalue weighted by atomic mass is 32.2. The minimum Gasteiger partial charge on any atom is -0.350 e. The maximum Gasteiger partial charge on any atom is 0.271 e. The molecule has 2 rings (SSSR count). The number of H-pyrrole nitrogens is 1. The molecule has 0 aliphatic heterocycles. The normalized spacial score (nSPS) is 11.3. The molecule has 0 radical (unpaired) electrons. The van der Waals surface area contributed by atoms with E-state index in [9.17, 15) is 13.2 Å². The van der Waals surface area contributed by atoms with E-state index in [2.05, 4.69) is 15.5 Å². The molecule has 2 aromatic rings. The molecule has 0 saturated carbocycles. The Morgan fingerprint density at radius 3 is 2.62 bits per heavy atom. The van der Waals surface area contributed by atoms with E-state index in [1.165, 1.54) is 0 Å². The van der Waals surface area contributed by atoms with Crippen molar-refractivity contribution in [1.82, 2.24) is 15.5 Å². The second-order valence-electron chi connectivity index (χ2n) is 4.52. The molecule has 1 heterocycles. The van der Waals surface area contributed by atoms with Gasteiger partial charge in [-0.2, -0.15) is 5.10 Å². The predicted molar refractivity (Wildman–Crippen MR) is 78.8 cm³/mol. The van der Waals surface area contributed by atoms with Crippen molar-refractivity contribution in [2.24, 2.45) is 0 Å². The molecule has 1 amide bonds. The molecule has 0 unspecified atom stereocenters. The number of carbonyl (C=O) groups is 1. The number of nitrogens with zero attached hydrogens (tertiary/aromatic N) is 1. The number of aromatic amines is 1. The zero-order chi connectivity index (χ0) is 15.3. The molecule has 2 N–H and O–H groups in total. The molecule has 6 nitrogen and oxygen atoms in total. The monoisotopic (exact) mass is 307 g/mol. The summed E-state index contributed by atoms with van der Waals surface area (Å²) in [6.07, 6.45) is 0.753. The van der Waals surface area contributed by atoms with Crippen LogP contribution in [0.3, 0.4) is 0 Å². The van der Waals surface area contributed by atoms with Crippen LogP contribution in [0.2, 0.25) is 0 Å². The molecular formula is C14H17N3O3S. The van der Waals surface area contributed by atoms with Crippen molar-refractivity contribution in [3.05, 3.63) is 47.8 Å². The third kappa shape index (κ3) is 3.91. The fourth-order valence-electron chi connectivity index (χ4n) is 1.79. The van der Waals surface area contributed by atoms with Gasteiger partial charge in [-0.05, 0) is 24.6 Å². The Bertz CT molecular complexity index is 708. The summed E-state index contributed by atoms with van der Waals surface area (Å²) in [5.41, 5.74) is 1.13. The van der Waals surface area contributed by atoms with E-state index in [0.29, 0.717) is 0 Å². The first kappa shape index (κ1) is 15.2. The van der Waals surface area contributed by atoms with Crippen LogP contribution in [0.5, 0.6) is 0 Å². The lowest BCUT2D eigenvalue weighted by Gasteiger charge is -2.05. The standard InChI is InChI=1S/C14H17N3O3S/c1-2-11-10-13(17-16-11)14(18)15-8-9-21(19,20)12-6-4-3-5-7-12/h3-7,10H,2,8-9H2,1H3,(H,15,18)(H,16,17). The summed E-state index contributed by atoms with van der Waals surface area (Å²) in [6, 6.07) is 9.82. The Hall–Kier alpha value is -2.15. The van der Waals surface area contributed by atoms with Gasteiger partial charge in [-0.3, -0.25) is 9.89 Å². The van der Waals surface area contributed by atoms with Crippen molar-refractivity contribution in [1.29, 1.82) is 0 Å². The lowest BCUT2D eigenvalue weighted by atomic mass is 10.3. The second kappa shape index (κ2) is 6.53. The predicted octanol–water partition coefficient (Wildman–Crippen LogP) is 1.18. The average molecular weight is 307 g/mol. The van der Waals surface area contributed by atoms with E-state index < -0.39 is 9.84 Å². The number of aromatic nitrogens is 2. The fourth-order valence-corrected chi connectivity index (χ4v) is 2.97. The van der Waals surface area contributed by atoms with Gasteiger partial charge in [-0.25, -0.2) is 8.42 Å². The van der Waals surface area contributed by atoms with Crippen molar-refractivity contribution in [2.75, 3.05) is 12.3 Å². The summed E-state index contributed by atoms with van der Waals surface area (Å²) < 4.78 is 24.1. The fraction of sp³-hybridized carbons (Fsp3) is 0.286. The van der Waals surface area contributed by atoms with Crippen LogP contribution in [0.1, 0.15) is 23.1 Å². The summed E-state index contributed by atoms with van der Waals surface area (Å²) in [6.45, 7) is 1.99. The molecule has 0 atom stereocenters. The average Bonchev–Trinajstić information content (AvgIpc) is 2.97. The zero-order valence-electron chi connectivity index (χ0n) is 11.7. The van der Waals surface area contributed by atoms with Crippen LogP contribution < -0.4 is 5.32 Å². The van der Waals surface area contributed by atoms with Crippen LogP contribution in [0.25, 0.3) is 0 Å². The van der Waals surface area contributed by atoms with Crippen LogP contribution in [0.4, 0.5) is 0 Å². The Labute approximate surface area is 123 Å². The molecule has 112 valence electrons. The smallest absolute Gasteiger partial charge is 0.271 e. The van der Waals surface area contributed by atoms with Crippen molar-refractivity contribution in [3.8, 4) is 0 Å². The van der Waals surface area contributed by atoms with Gasteiger partial charge in [0, 0.05) is 12.2 Å². The number of amides is 1. The highest BCUT2D eigenvalue weighted by Crippen LogP contribution is 2.09. The summed E-state index contributed by atoms with van der Waals surface area (Å²) in [7, 11) is -3.38. The van der Waals surface area contributed by atoms with Gasteiger partial charge in [-0.1, -0.05) is 25.1 Å². The molecule has 0 fully saturated rings. The number of carbonyl (C=O) groups excluding carboxylic acids is 1. The molecule has 7 heteroatoms. The van der Waals surface area contributed by atoms with E-state index in [1.807, 2.05) is 6.92 Å². The Morgan fingerprint density at radius 2 is 2.00 bits per heavy atom. The number of aryl methyl sites for hydroxylation is 1. The molecule has 1 aromatic carbocycles. The van der Waals surface area contributed by atoms with E-state index in [4.69, 9.17) is 0 Å². The highest BCUT2D eigenvalue weighted by molar-refractivity contribution is 7.91. The zero-order valence-corrected chi connectivity index (χ0v) is 12.5. The van der Waals surface area contributed by atoms with Crippen LogP contribution in [0, 0.1) is 0 Å². The van der Waals surface area contributed by atoms with Crippen molar-refractivity contribution < 1.29 is 13.2 Å². The van der Waals surface area contributed by atoms with Gasteiger partial charge in [0.15, 0.2) is 9.84 Å². The highest BCUT2D eigenvalue weighted by Gasteiger charge is 2.15. The van der Waals surface area contributed by atoms with Gasteiger partial charge >= 0.3 is 0 Å². The SMILES string of the molecule is CCc1cc(C(=O)NCCS(=O)(=O)c2ccccc2)n[nH]1. The molecular weight excluding hydrogens is 290 g/mol. The third-order valence-electron chi connectivity index (χ3n) is 3.00. The van der Waals surface area contributed by atoms with Gasteiger partial charge in [-0.15, -0.1) is 0 Å². The molecule has 0 saturated heterocycles. The molecule has 0 aliphatic carbocycles. The quantitative estimate of drug-likeness (QED) is 0.838. The number of benzene rings is 1. The summed E-state index contributed by atoms with van der Waals surface area (Å²) in [4.78, 5) is 12.1. The van der Waals surface area contributed by atoms with E-state index >= 15 is 0 Å². The molecule has 21 heavy (non-hydrogen) atoms. The van der Waals surface area contributed by atoms with E-state index in [1.54, 1.807) is 36.4 Å². The van der Waals surface area contributed by atoms with E-state index in [0.717, 1.165) is 12.1 Å². The summed E-state index contributed by atoms with van der Waals surface area (Å²) in [5, 5.41) is 9.18. The van der Waals surface area contributed by atoms with Crippen molar-refractivity contribution in [3.63, 3.8) is 0 Å². The minimum absolute atomic E-state index is 0.0460. The Balaban J connectivity index is 1.91. The molecule has 0 spiro atoms. The number of nitrogens with one attached hydrogen (secondary N) is 2. The Kier molecular flexibility index (Phi) is 4.74. The summed E-state index contributed by atoms with van der Waals surface area (Å²) >= 11 is 0. The topological polar surface area (TPSA) is 91.9 Å². The Morgan fingerprint density at radius 1 is 1.29 bits per heavy atom. The first-order valence-corrected chi connectivity index (χ1v) is 8.28. The number of hydrogen-bond acceptors (Lipinski definition) is 4. The lowest BCUT2D eigenvalue weighted by molar-refractivity contribution is 0.0951.